The fourth-order valence-corrected chi connectivity index (χ4v) is 2.13. The summed E-state index contributed by atoms with van der Waals surface area (Å²) in [7, 11) is 0. The molecule has 0 aliphatic rings. The molecule has 2 aromatic carbocycles. The molecular formula is C19H20O4. The standard InChI is InChI=1S/C19H20O4/c1-3-9-19(21)23-17-13-8-6-11-15(17)14-10-5-7-12-16(14)22-18(20)4-2/h5-8,10-13H,3-4,9H2,1-2H3. The molecule has 2 rings (SSSR count). The minimum absolute atomic E-state index is 0.275. The van der Waals surface area contributed by atoms with Crippen molar-refractivity contribution in [2.45, 2.75) is 33.1 Å². The van der Waals surface area contributed by atoms with Gasteiger partial charge in [-0.05, 0) is 18.6 Å². The summed E-state index contributed by atoms with van der Waals surface area (Å²) in [6, 6.07) is 14.5. The maximum Gasteiger partial charge on any atom is 0.311 e. The molecule has 120 valence electrons. The molecular weight excluding hydrogens is 292 g/mol. The van der Waals surface area contributed by atoms with Crippen molar-refractivity contribution >= 4 is 11.9 Å². The maximum atomic E-state index is 11.8. The molecule has 0 radical (unpaired) electrons. The van der Waals surface area contributed by atoms with E-state index in [0.29, 0.717) is 29.9 Å². The molecule has 0 amide bonds. The van der Waals surface area contributed by atoms with Crippen LogP contribution in [0.15, 0.2) is 48.5 Å². The SMILES string of the molecule is CCCC(=O)Oc1ccccc1-c1ccccc1OC(=O)CC. The van der Waals surface area contributed by atoms with E-state index in [1.165, 1.54) is 0 Å². The van der Waals surface area contributed by atoms with Gasteiger partial charge in [-0.3, -0.25) is 9.59 Å². The highest BCUT2D eigenvalue weighted by Crippen LogP contribution is 2.36. The number of benzene rings is 2. The Balaban J connectivity index is 2.39. The lowest BCUT2D eigenvalue weighted by atomic mass is 10.0. The van der Waals surface area contributed by atoms with Gasteiger partial charge in [0, 0.05) is 24.0 Å². The Labute approximate surface area is 136 Å². The molecule has 0 aliphatic heterocycles. The Kier molecular flexibility index (Phi) is 5.92. The van der Waals surface area contributed by atoms with E-state index in [0.717, 1.165) is 12.0 Å². The fourth-order valence-electron chi connectivity index (χ4n) is 2.13. The number of para-hydroxylation sites is 2. The van der Waals surface area contributed by atoms with Crippen LogP contribution in [0.3, 0.4) is 0 Å². The minimum atomic E-state index is -0.307. The Morgan fingerprint density at radius 3 is 1.74 bits per heavy atom. The third-order valence-electron chi connectivity index (χ3n) is 3.25. The van der Waals surface area contributed by atoms with Crippen LogP contribution < -0.4 is 9.47 Å². The minimum Gasteiger partial charge on any atom is -0.426 e. The second-order valence-electron chi connectivity index (χ2n) is 5.04. The first-order chi connectivity index (χ1) is 11.2. The van der Waals surface area contributed by atoms with E-state index < -0.39 is 0 Å². The second-order valence-corrected chi connectivity index (χ2v) is 5.04. The highest BCUT2D eigenvalue weighted by Gasteiger charge is 2.15. The van der Waals surface area contributed by atoms with Crippen molar-refractivity contribution in [3.8, 4) is 22.6 Å². The van der Waals surface area contributed by atoms with Crippen LogP contribution in [0.5, 0.6) is 11.5 Å². The molecule has 0 heterocycles. The largest absolute Gasteiger partial charge is 0.426 e. The van der Waals surface area contributed by atoms with Crippen molar-refractivity contribution in [1.82, 2.24) is 0 Å². The normalized spacial score (nSPS) is 10.2. The van der Waals surface area contributed by atoms with E-state index in [2.05, 4.69) is 0 Å². The number of carbonyl (C=O) groups is 2. The molecule has 0 aromatic heterocycles. The number of hydrogen-bond donors (Lipinski definition) is 0. The third kappa shape index (κ3) is 4.42. The van der Waals surface area contributed by atoms with Crippen LogP contribution >= 0.6 is 0 Å². The molecule has 0 bridgehead atoms. The van der Waals surface area contributed by atoms with Crippen molar-refractivity contribution in [3.05, 3.63) is 48.5 Å². The summed E-state index contributed by atoms with van der Waals surface area (Å²) in [6.45, 7) is 3.66. The molecule has 0 saturated heterocycles. The predicted molar refractivity (Wildman–Crippen MR) is 88.3 cm³/mol. The molecule has 0 unspecified atom stereocenters. The fraction of sp³-hybridized carbons (Fsp3) is 0.263. The van der Waals surface area contributed by atoms with Gasteiger partial charge in [0.2, 0.25) is 0 Å². The quantitative estimate of drug-likeness (QED) is 0.587. The third-order valence-corrected chi connectivity index (χ3v) is 3.25. The number of rotatable bonds is 6. The Hall–Kier alpha value is -2.62. The van der Waals surface area contributed by atoms with Crippen LogP contribution in [-0.4, -0.2) is 11.9 Å². The maximum absolute atomic E-state index is 11.8. The van der Waals surface area contributed by atoms with Crippen LogP contribution in [0.25, 0.3) is 11.1 Å². The molecule has 23 heavy (non-hydrogen) atoms. The molecule has 0 saturated carbocycles. The van der Waals surface area contributed by atoms with Crippen LogP contribution in [0.1, 0.15) is 33.1 Å². The first kappa shape index (κ1) is 16.7. The van der Waals surface area contributed by atoms with Crippen molar-refractivity contribution in [2.24, 2.45) is 0 Å². The average molecular weight is 312 g/mol. The lowest BCUT2D eigenvalue weighted by molar-refractivity contribution is -0.135. The molecule has 4 nitrogen and oxygen atoms in total. The van der Waals surface area contributed by atoms with Gasteiger partial charge >= 0.3 is 11.9 Å². The summed E-state index contributed by atoms with van der Waals surface area (Å²) in [5.41, 5.74) is 1.44. The Morgan fingerprint density at radius 1 is 0.783 bits per heavy atom. The van der Waals surface area contributed by atoms with Crippen LogP contribution in [-0.2, 0) is 9.59 Å². The predicted octanol–water partition coefficient (Wildman–Crippen LogP) is 4.37. The molecule has 0 aliphatic carbocycles. The van der Waals surface area contributed by atoms with E-state index in [9.17, 15) is 9.59 Å². The van der Waals surface area contributed by atoms with Crippen molar-refractivity contribution in [3.63, 3.8) is 0 Å². The van der Waals surface area contributed by atoms with Gasteiger partial charge in [0.15, 0.2) is 0 Å². The van der Waals surface area contributed by atoms with Gasteiger partial charge in [-0.2, -0.15) is 0 Å². The monoisotopic (exact) mass is 312 g/mol. The van der Waals surface area contributed by atoms with Crippen molar-refractivity contribution in [1.29, 1.82) is 0 Å². The van der Waals surface area contributed by atoms with Crippen LogP contribution in [0, 0.1) is 0 Å². The highest BCUT2D eigenvalue weighted by atomic mass is 16.5. The summed E-state index contributed by atoms with van der Waals surface area (Å²) >= 11 is 0. The van der Waals surface area contributed by atoms with Crippen molar-refractivity contribution in [2.75, 3.05) is 0 Å². The van der Waals surface area contributed by atoms with Crippen molar-refractivity contribution < 1.29 is 19.1 Å². The van der Waals surface area contributed by atoms with E-state index in [-0.39, 0.29) is 11.9 Å². The second kappa shape index (κ2) is 8.13. The average Bonchev–Trinajstić information content (AvgIpc) is 2.56. The molecule has 0 fully saturated rings. The highest BCUT2D eigenvalue weighted by molar-refractivity contribution is 5.82. The van der Waals surface area contributed by atoms with Gasteiger partial charge in [0.05, 0.1) is 0 Å². The molecule has 0 N–H and O–H groups in total. The summed E-state index contributed by atoms with van der Waals surface area (Å²) in [5.74, 6) is 0.338. The molecule has 0 atom stereocenters. The number of ether oxygens (including phenoxy) is 2. The van der Waals surface area contributed by atoms with Gasteiger partial charge in [-0.1, -0.05) is 50.2 Å². The topological polar surface area (TPSA) is 52.6 Å². The van der Waals surface area contributed by atoms with Crippen LogP contribution in [0.2, 0.25) is 0 Å². The summed E-state index contributed by atoms with van der Waals surface area (Å²) < 4.78 is 10.8. The number of esters is 2. The van der Waals surface area contributed by atoms with Gasteiger partial charge in [-0.15, -0.1) is 0 Å². The Morgan fingerprint density at radius 2 is 1.26 bits per heavy atom. The van der Waals surface area contributed by atoms with E-state index in [1.807, 2.05) is 31.2 Å². The number of hydrogen-bond acceptors (Lipinski definition) is 4. The number of carbonyl (C=O) groups excluding carboxylic acids is 2. The zero-order valence-corrected chi connectivity index (χ0v) is 13.4. The zero-order chi connectivity index (χ0) is 16.7. The zero-order valence-electron chi connectivity index (χ0n) is 13.4. The molecule has 4 heteroatoms. The van der Waals surface area contributed by atoms with E-state index in [4.69, 9.17) is 9.47 Å². The van der Waals surface area contributed by atoms with Crippen LogP contribution in [0.4, 0.5) is 0 Å². The molecule has 2 aromatic rings. The molecule has 0 spiro atoms. The van der Waals surface area contributed by atoms with E-state index in [1.54, 1.807) is 31.2 Å². The van der Waals surface area contributed by atoms with E-state index >= 15 is 0 Å². The van der Waals surface area contributed by atoms with Gasteiger partial charge in [0.25, 0.3) is 0 Å². The van der Waals surface area contributed by atoms with Gasteiger partial charge in [0.1, 0.15) is 11.5 Å². The summed E-state index contributed by atoms with van der Waals surface area (Å²) in [4.78, 5) is 23.4. The summed E-state index contributed by atoms with van der Waals surface area (Å²) in [6.07, 6.45) is 1.38. The lowest BCUT2D eigenvalue weighted by Gasteiger charge is -2.13. The smallest absolute Gasteiger partial charge is 0.311 e. The first-order valence-corrected chi connectivity index (χ1v) is 7.75. The van der Waals surface area contributed by atoms with Gasteiger partial charge < -0.3 is 9.47 Å². The first-order valence-electron chi connectivity index (χ1n) is 7.75. The lowest BCUT2D eigenvalue weighted by Crippen LogP contribution is -2.09. The van der Waals surface area contributed by atoms with Gasteiger partial charge in [-0.25, -0.2) is 0 Å². The Bertz CT molecular complexity index is 691. The summed E-state index contributed by atoms with van der Waals surface area (Å²) in [5, 5.41) is 0.